The van der Waals surface area contributed by atoms with Crippen LogP contribution in [0.3, 0.4) is 0 Å². The van der Waals surface area contributed by atoms with Gasteiger partial charge < -0.3 is 4.42 Å². The van der Waals surface area contributed by atoms with Gasteiger partial charge >= 0.3 is 0 Å². The number of nitrogens with zero attached hydrogens (tertiary/aromatic N) is 2. The highest BCUT2D eigenvalue weighted by molar-refractivity contribution is 7.89. The summed E-state index contributed by atoms with van der Waals surface area (Å²) in [5.41, 5.74) is 2.01. The van der Waals surface area contributed by atoms with Crippen LogP contribution in [-0.2, 0) is 16.4 Å². The standard InChI is InChI=1S/C15H21N3O3S/c1-10(2)15-18-17-14(21-15)7-8-16-22(19,20)13-6-5-11(3)12(4)9-13/h5-6,9-10,16H,7-8H2,1-4H3. The summed E-state index contributed by atoms with van der Waals surface area (Å²) in [5, 5.41) is 7.82. The number of nitrogens with one attached hydrogen (secondary N) is 1. The number of benzene rings is 1. The van der Waals surface area contributed by atoms with Gasteiger partial charge in [-0.3, -0.25) is 0 Å². The fraction of sp³-hybridized carbons (Fsp3) is 0.467. The third kappa shape index (κ3) is 3.92. The summed E-state index contributed by atoms with van der Waals surface area (Å²) in [5.74, 6) is 1.16. The average molecular weight is 323 g/mol. The molecule has 0 aliphatic rings. The van der Waals surface area contributed by atoms with Crippen LogP contribution in [0.4, 0.5) is 0 Å². The van der Waals surface area contributed by atoms with Crippen molar-refractivity contribution in [3.8, 4) is 0 Å². The molecule has 0 unspecified atom stereocenters. The van der Waals surface area contributed by atoms with Crippen molar-refractivity contribution in [1.29, 1.82) is 0 Å². The van der Waals surface area contributed by atoms with E-state index < -0.39 is 10.0 Å². The van der Waals surface area contributed by atoms with Crippen LogP contribution in [0.25, 0.3) is 0 Å². The van der Waals surface area contributed by atoms with Crippen LogP contribution in [-0.4, -0.2) is 25.2 Å². The minimum absolute atomic E-state index is 0.161. The van der Waals surface area contributed by atoms with E-state index in [9.17, 15) is 8.42 Å². The molecule has 120 valence electrons. The number of aryl methyl sites for hydroxylation is 2. The molecule has 7 heteroatoms. The van der Waals surface area contributed by atoms with Crippen molar-refractivity contribution in [2.75, 3.05) is 6.54 Å². The van der Waals surface area contributed by atoms with Gasteiger partial charge in [-0.1, -0.05) is 19.9 Å². The molecule has 1 heterocycles. The monoisotopic (exact) mass is 323 g/mol. The molecule has 0 fully saturated rings. The summed E-state index contributed by atoms with van der Waals surface area (Å²) in [6.45, 7) is 7.97. The molecule has 0 saturated carbocycles. The Bertz CT molecular complexity index is 751. The molecule has 1 aromatic heterocycles. The van der Waals surface area contributed by atoms with Crippen molar-refractivity contribution in [3.05, 3.63) is 41.1 Å². The first-order valence-electron chi connectivity index (χ1n) is 7.19. The van der Waals surface area contributed by atoms with Crippen LogP contribution in [0.1, 0.15) is 42.7 Å². The largest absolute Gasteiger partial charge is 0.425 e. The van der Waals surface area contributed by atoms with Gasteiger partial charge in [-0.15, -0.1) is 10.2 Å². The maximum Gasteiger partial charge on any atom is 0.240 e. The SMILES string of the molecule is Cc1ccc(S(=O)(=O)NCCc2nnc(C(C)C)o2)cc1C. The Morgan fingerprint density at radius 3 is 2.50 bits per heavy atom. The highest BCUT2D eigenvalue weighted by Crippen LogP contribution is 2.15. The van der Waals surface area contributed by atoms with Crippen LogP contribution >= 0.6 is 0 Å². The van der Waals surface area contributed by atoms with E-state index in [1.165, 1.54) is 0 Å². The zero-order chi connectivity index (χ0) is 16.3. The molecule has 6 nitrogen and oxygen atoms in total. The maximum absolute atomic E-state index is 12.2. The van der Waals surface area contributed by atoms with E-state index in [2.05, 4.69) is 14.9 Å². The van der Waals surface area contributed by atoms with Crippen molar-refractivity contribution < 1.29 is 12.8 Å². The highest BCUT2D eigenvalue weighted by atomic mass is 32.2. The van der Waals surface area contributed by atoms with Gasteiger partial charge in [0.2, 0.25) is 21.8 Å². The van der Waals surface area contributed by atoms with Gasteiger partial charge in [0.15, 0.2) is 0 Å². The minimum atomic E-state index is -3.52. The first kappa shape index (κ1) is 16.6. The fourth-order valence-electron chi connectivity index (χ4n) is 1.86. The summed E-state index contributed by atoms with van der Waals surface area (Å²) >= 11 is 0. The number of rotatable bonds is 6. The lowest BCUT2D eigenvalue weighted by Gasteiger charge is -2.07. The molecule has 22 heavy (non-hydrogen) atoms. The van der Waals surface area contributed by atoms with Crippen molar-refractivity contribution in [2.45, 2.75) is 44.9 Å². The lowest BCUT2D eigenvalue weighted by atomic mass is 10.1. The normalized spacial score (nSPS) is 12.0. The van der Waals surface area contributed by atoms with Gasteiger partial charge in [0.25, 0.3) is 0 Å². The Labute approximate surface area is 131 Å². The number of sulfonamides is 1. The van der Waals surface area contributed by atoms with E-state index in [0.29, 0.717) is 18.2 Å². The van der Waals surface area contributed by atoms with Crippen molar-refractivity contribution in [2.24, 2.45) is 0 Å². The van der Waals surface area contributed by atoms with E-state index in [4.69, 9.17) is 4.42 Å². The van der Waals surface area contributed by atoms with Crippen LogP contribution in [0, 0.1) is 13.8 Å². The second kappa shape index (κ2) is 6.58. The zero-order valence-electron chi connectivity index (χ0n) is 13.3. The molecule has 2 rings (SSSR count). The van der Waals surface area contributed by atoms with Gasteiger partial charge in [-0.25, -0.2) is 13.1 Å². The van der Waals surface area contributed by atoms with Crippen molar-refractivity contribution in [3.63, 3.8) is 0 Å². The molecular formula is C15H21N3O3S. The molecule has 1 N–H and O–H groups in total. The minimum Gasteiger partial charge on any atom is -0.425 e. The summed E-state index contributed by atoms with van der Waals surface area (Å²) in [6, 6.07) is 5.08. The van der Waals surface area contributed by atoms with Crippen molar-refractivity contribution >= 4 is 10.0 Å². The van der Waals surface area contributed by atoms with Gasteiger partial charge in [0, 0.05) is 18.9 Å². The van der Waals surface area contributed by atoms with E-state index >= 15 is 0 Å². The first-order chi connectivity index (χ1) is 10.3. The van der Waals surface area contributed by atoms with E-state index in [1.54, 1.807) is 18.2 Å². The molecule has 0 radical (unpaired) electrons. The summed E-state index contributed by atoms with van der Waals surface area (Å²) in [6.07, 6.45) is 0.365. The molecule has 0 bridgehead atoms. The van der Waals surface area contributed by atoms with Gasteiger partial charge in [-0.05, 0) is 37.1 Å². The molecule has 2 aromatic rings. The molecule has 0 amide bonds. The molecule has 0 aliphatic heterocycles. The number of aromatic nitrogens is 2. The van der Waals surface area contributed by atoms with Crippen LogP contribution in [0.15, 0.2) is 27.5 Å². The van der Waals surface area contributed by atoms with Crippen LogP contribution < -0.4 is 4.72 Å². The zero-order valence-corrected chi connectivity index (χ0v) is 14.1. The first-order valence-corrected chi connectivity index (χ1v) is 8.67. The molecule has 0 spiro atoms. The fourth-order valence-corrected chi connectivity index (χ4v) is 2.97. The Kier molecular flexibility index (Phi) is 4.97. The summed E-state index contributed by atoms with van der Waals surface area (Å²) < 4.78 is 32.4. The Morgan fingerprint density at radius 1 is 1.18 bits per heavy atom. The Morgan fingerprint density at radius 2 is 1.91 bits per heavy atom. The lowest BCUT2D eigenvalue weighted by Crippen LogP contribution is -2.26. The molecule has 0 atom stereocenters. The molecule has 0 aliphatic carbocycles. The predicted octanol–water partition coefficient (Wildman–Crippen LogP) is 2.33. The topological polar surface area (TPSA) is 85.1 Å². The molecule has 0 saturated heterocycles. The molecular weight excluding hydrogens is 302 g/mol. The van der Waals surface area contributed by atoms with Crippen molar-refractivity contribution in [1.82, 2.24) is 14.9 Å². The molecule has 1 aromatic carbocycles. The second-order valence-electron chi connectivity index (χ2n) is 5.58. The van der Waals surface area contributed by atoms with Crippen LogP contribution in [0.5, 0.6) is 0 Å². The number of hydrogen-bond donors (Lipinski definition) is 1. The van der Waals surface area contributed by atoms with E-state index in [-0.39, 0.29) is 17.4 Å². The van der Waals surface area contributed by atoms with E-state index in [0.717, 1.165) is 11.1 Å². The quantitative estimate of drug-likeness (QED) is 0.882. The van der Waals surface area contributed by atoms with Gasteiger partial charge in [0.1, 0.15) is 0 Å². The Balaban J connectivity index is 1.98. The summed E-state index contributed by atoms with van der Waals surface area (Å²) in [7, 11) is -3.52. The highest BCUT2D eigenvalue weighted by Gasteiger charge is 2.15. The smallest absolute Gasteiger partial charge is 0.240 e. The maximum atomic E-state index is 12.2. The van der Waals surface area contributed by atoms with Gasteiger partial charge in [0.05, 0.1) is 4.90 Å². The third-order valence-electron chi connectivity index (χ3n) is 3.40. The summed E-state index contributed by atoms with van der Waals surface area (Å²) in [4.78, 5) is 0.268. The number of hydrogen-bond acceptors (Lipinski definition) is 5. The third-order valence-corrected chi connectivity index (χ3v) is 4.85. The lowest BCUT2D eigenvalue weighted by molar-refractivity contribution is 0.431. The second-order valence-corrected chi connectivity index (χ2v) is 7.35. The van der Waals surface area contributed by atoms with Crippen LogP contribution in [0.2, 0.25) is 0 Å². The average Bonchev–Trinajstić information content (AvgIpc) is 2.90. The van der Waals surface area contributed by atoms with E-state index in [1.807, 2.05) is 27.7 Å². The Hall–Kier alpha value is -1.73. The van der Waals surface area contributed by atoms with Gasteiger partial charge in [-0.2, -0.15) is 0 Å². The predicted molar refractivity (Wildman–Crippen MR) is 83.2 cm³/mol.